The molecule has 93 heavy (non-hydrogen) atoms. The van der Waals surface area contributed by atoms with Gasteiger partial charge in [0.15, 0.2) is 6.10 Å². The number of ether oxygens (including phenoxy) is 3. The summed E-state index contributed by atoms with van der Waals surface area (Å²) in [5, 5.41) is 20.6. The molecule has 5 atom stereocenters. The van der Waals surface area contributed by atoms with E-state index in [9.17, 15) is 43.5 Å². The lowest BCUT2D eigenvalue weighted by atomic mass is 10.1. The van der Waals surface area contributed by atoms with Gasteiger partial charge in [0, 0.05) is 19.3 Å². The van der Waals surface area contributed by atoms with Crippen molar-refractivity contribution in [2.24, 2.45) is 0 Å². The molecule has 0 aliphatic carbocycles. The number of hydrogen-bond acceptors (Lipinski definition) is 14. The quantitative estimate of drug-likeness (QED) is 0.0146. The highest BCUT2D eigenvalue weighted by Crippen LogP contribution is 2.45. The highest BCUT2D eigenvalue weighted by Gasteiger charge is 2.29. The van der Waals surface area contributed by atoms with Crippen molar-refractivity contribution in [2.75, 3.05) is 39.6 Å². The molecule has 4 N–H and O–H groups in total. The molecule has 0 aromatic carbocycles. The molecule has 0 radical (unpaired) electrons. The lowest BCUT2D eigenvalue weighted by Gasteiger charge is -2.21. The van der Waals surface area contributed by atoms with Crippen molar-refractivity contribution < 1.29 is 75.8 Å². The first kappa shape index (κ1) is 89.5. The van der Waals surface area contributed by atoms with E-state index in [2.05, 4.69) is 118 Å². The Hall–Kier alpha value is -3.53. The molecule has 0 heterocycles. The Kier molecular flexibility index (Phi) is 65.8. The summed E-state index contributed by atoms with van der Waals surface area (Å²) in [5.74, 6) is -1.59. The van der Waals surface area contributed by atoms with E-state index in [4.69, 9.17) is 32.3 Å². The number of aliphatic hydroxyl groups excluding tert-OH is 2. The summed E-state index contributed by atoms with van der Waals surface area (Å²) in [5.41, 5.74) is 0. The molecule has 0 aromatic rings. The number of aliphatic hydroxyl groups is 2. The number of hydrogen-bond donors (Lipinski definition) is 4. The Morgan fingerprint density at radius 3 is 0.935 bits per heavy atom. The average molecular weight is 1350 g/mol. The lowest BCUT2D eigenvalue weighted by Crippen LogP contribution is -2.30. The van der Waals surface area contributed by atoms with Crippen LogP contribution >= 0.6 is 15.6 Å². The largest absolute Gasteiger partial charge is 0.472 e. The molecular weight excluding hydrogens is 1220 g/mol. The summed E-state index contributed by atoms with van der Waals surface area (Å²) in [7, 11) is -9.78. The molecule has 0 aliphatic heterocycles. The van der Waals surface area contributed by atoms with Gasteiger partial charge in [-0.3, -0.25) is 32.5 Å². The van der Waals surface area contributed by atoms with Crippen LogP contribution in [-0.2, 0) is 55.8 Å². The van der Waals surface area contributed by atoms with Gasteiger partial charge in [-0.1, -0.05) is 259 Å². The van der Waals surface area contributed by atoms with Crippen LogP contribution in [0.25, 0.3) is 0 Å². The number of esters is 3. The maximum Gasteiger partial charge on any atom is 0.472 e. The number of carbonyl (C=O) groups is 3. The van der Waals surface area contributed by atoms with Crippen molar-refractivity contribution in [3.63, 3.8) is 0 Å². The smallest absolute Gasteiger partial charge is 0.463 e. The number of rotatable bonds is 69. The zero-order valence-corrected chi connectivity index (χ0v) is 60.2. The number of phosphoric ester groups is 2. The van der Waals surface area contributed by atoms with Crippen LogP contribution in [0.5, 0.6) is 0 Å². The highest BCUT2D eigenvalue weighted by molar-refractivity contribution is 7.47. The second-order valence-corrected chi connectivity index (χ2v) is 27.3. The van der Waals surface area contributed by atoms with E-state index in [1.54, 1.807) is 0 Å². The van der Waals surface area contributed by atoms with Crippen molar-refractivity contribution >= 4 is 33.6 Å². The summed E-state index contributed by atoms with van der Waals surface area (Å²) in [4.78, 5) is 58.5. The molecule has 0 fully saturated rings. The molecule has 0 aliphatic rings. The van der Waals surface area contributed by atoms with E-state index in [0.29, 0.717) is 19.3 Å². The molecular formula is C75H132O16P2. The normalized spacial score (nSPS) is 14.7. The van der Waals surface area contributed by atoms with Gasteiger partial charge in [-0.25, -0.2) is 9.13 Å². The van der Waals surface area contributed by atoms with Gasteiger partial charge in [-0.05, 0) is 122 Å². The fourth-order valence-corrected chi connectivity index (χ4v) is 11.3. The third-order valence-electron chi connectivity index (χ3n) is 15.3. The summed E-state index contributed by atoms with van der Waals surface area (Å²) in [6, 6.07) is 0. The van der Waals surface area contributed by atoms with E-state index in [0.717, 1.165) is 154 Å². The third kappa shape index (κ3) is 69.6. The first-order chi connectivity index (χ1) is 45.2. The van der Waals surface area contributed by atoms with Crippen LogP contribution in [0.1, 0.15) is 303 Å². The number of carbonyl (C=O) groups excluding carboxylic acids is 3. The minimum Gasteiger partial charge on any atom is -0.463 e. The van der Waals surface area contributed by atoms with Gasteiger partial charge in [0.1, 0.15) is 25.4 Å². The van der Waals surface area contributed by atoms with Crippen LogP contribution < -0.4 is 0 Å². The van der Waals surface area contributed by atoms with E-state index in [-0.39, 0.29) is 19.3 Å². The monoisotopic (exact) mass is 1350 g/mol. The predicted octanol–water partition coefficient (Wildman–Crippen LogP) is 20.6. The Bertz CT molecular complexity index is 2080. The van der Waals surface area contributed by atoms with Gasteiger partial charge < -0.3 is 34.2 Å². The van der Waals surface area contributed by atoms with Crippen LogP contribution in [0.4, 0.5) is 0 Å². The Balaban J connectivity index is 4.58. The molecule has 0 aromatic heterocycles. The van der Waals surface area contributed by atoms with Crippen molar-refractivity contribution in [2.45, 2.75) is 322 Å². The van der Waals surface area contributed by atoms with Gasteiger partial charge >= 0.3 is 33.6 Å². The number of unbranched alkanes of at least 4 members (excludes halogenated alkanes) is 30. The molecule has 5 unspecified atom stereocenters. The van der Waals surface area contributed by atoms with Crippen molar-refractivity contribution in [3.8, 4) is 0 Å². The van der Waals surface area contributed by atoms with Gasteiger partial charge in [-0.2, -0.15) is 0 Å². The summed E-state index contributed by atoms with van der Waals surface area (Å²) in [6.07, 6.45) is 75.9. The van der Waals surface area contributed by atoms with E-state index >= 15 is 0 Å². The number of phosphoric acid groups is 2. The molecule has 0 spiro atoms. The van der Waals surface area contributed by atoms with Crippen molar-refractivity contribution in [1.82, 2.24) is 0 Å². The molecule has 0 rings (SSSR count). The highest BCUT2D eigenvalue weighted by atomic mass is 31.2. The van der Waals surface area contributed by atoms with Gasteiger partial charge in [-0.15, -0.1) is 0 Å². The molecule has 0 bridgehead atoms. The SMILES string of the molecule is CC/C=C\C/C=C\C/C=C\CCCCCCCCCC(=O)OCC(COP(=O)(O)OCC(O)COP(=O)(O)OCC(O)COC(=O)CCCCCCCCCCC/C=C\C/C=C\C/C=C\C/C=C\CCCCC)OC(=O)CCCCCCC/C=C\CCCCCCCC. The van der Waals surface area contributed by atoms with Gasteiger partial charge in [0.25, 0.3) is 0 Å². The fourth-order valence-electron chi connectivity index (χ4n) is 9.68. The average Bonchev–Trinajstić information content (AvgIpc) is 3.14. The molecule has 0 saturated heterocycles. The van der Waals surface area contributed by atoms with Crippen molar-refractivity contribution in [1.29, 1.82) is 0 Å². The molecule has 16 nitrogen and oxygen atoms in total. The van der Waals surface area contributed by atoms with E-state index in [1.165, 1.54) is 89.9 Å². The molecule has 18 heteroatoms. The molecule has 0 saturated carbocycles. The Morgan fingerprint density at radius 1 is 0.312 bits per heavy atom. The number of allylic oxidation sites excluding steroid dienone is 16. The standard InChI is InChI=1S/C75H132O16P2/c1-4-7-10-13-16-19-22-25-28-30-31-32-33-34-35-36-37-39-42-43-46-49-52-55-58-61-73(78)85-64-70(76)65-87-92(81,82)88-66-71(77)67-89-93(83,84)90-69-72(91-75(80)63-60-57-54-51-48-45-40-27-24-21-18-15-12-9-6-3)68-86-74(79)62-59-56-53-50-47-44-41-38-29-26-23-20-17-14-11-8-5-2/h8,11,16-17,19-20,25-29,31-32,34-35,40,70-72,76-77H,4-7,9-10,12-15,18,21-24,30,33,36-39,41-69H2,1-3H3,(H,81,82)(H,83,84)/b11-8-,19-16-,20-17-,28-25-,29-26-,32-31-,35-34-,40-27-. The van der Waals surface area contributed by atoms with E-state index in [1.807, 2.05) is 0 Å². The van der Waals surface area contributed by atoms with Crippen LogP contribution in [0.15, 0.2) is 97.2 Å². The summed E-state index contributed by atoms with van der Waals surface area (Å²) in [6.45, 7) is 2.52. The van der Waals surface area contributed by atoms with E-state index < -0.39 is 91.5 Å². The van der Waals surface area contributed by atoms with Crippen LogP contribution in [0.2, 0.25) is 0 Å². The zero-order valence-electron chi connectivity index (χ0n) is 58.4. The van der Waals surface area contributed by atoms with Gasteiger partial charge in [0.05, 0.1) is 26.4 Å². The molecule has 538 valence electrons. The lowest BCUT2D eigenvalue weighted by molar-refractivity contribution is -0.161. The third-order valence-corrected chi connectivity index (χ3v) is 17.2. The van der Waals surface area contributed by atoms with Crippen LogP contribution in [0, 0.1) is 0 Å². The van der Waals surface area contributed by atoms with Crippen LogP contribution in [-0.4, -0.2) is 95.9 Å². The fraction of sp³-hybridized carbons (Fsp3) is 0.747. The second kappa shape index (κ2) is 68.4. The minimum absolute atomic E-state index is 0.0925. The first-order valence-corrected chi connectivity index (χ1v) is 39.5. The second-order valence-electron chi connectivity index (χ2n) is 24.4. The summed E-state index contributed by atoms with van der Waals surface area (Å²) < 4.78 is 61.0. The molecule has 0 amide bonds. The maximum absolute atomic E-state index is 12.9. The van der Waals surface area contributed by atoms with Crippen molar-refractivity contribution in [3.05, 3.63) is 97.2 Å². The zero-order chi connectivity index (χ0) is 68.1. The predicted molar refractivity (Wildman–Crippen MR) is 381 cm³/mol. The summed E-state index contributed by atoms with van der Waals surface area (Å²) >= 11 is 0. The maximum atomic E-state index is 12.9. The van der Waals surface area contributed by atoms with Crippen LogP contribution in [0.3, 0.4) is 0 Å². The first-order valence-electron chi connectivity index (χ1n) is 36.5. The topological polar surface area (TPSA) is 231 Å². The minimum atomic E-state index is -4.93. The Labute approximate surface area is 565 Å². The Morgan fingerprint density at radius 2 is 0.570 bits per heavy atom. The van der Waals surface area contributed by atoms with Gasteiger partial charge in [0.2, 0.25) is 0 Å².